The quantitative estimate of drug-likeness (QED) is 0.811. The molecular formula is C19H19N3O. The fourth-order valence-electron chi connectivity index (χ4n) is 3.05. The molecule has 1 heterocycles. The van der Waals surface area contributed by atoms with Gasteiger partial charge in [-0.2, -0.15) is 5.26 Å². The summed E-state index contributed by atoms with van der Waals surface area (Å²) in [7, 11) is 2.06. The molecule has 0 bridgehead atoms. The molecule has 0 fully saturated rings. The Balaban J connectivity index is 2.03. The summed E-state index contributed by atoms with van der Waals surface area (Å²) in [6.45, 7) is 3.50. The zero-order chi connectivity index (χ0) is 16.4. The normalized spacial score (nSPS) is 14.0. The van der Waals surface area contributed by atoms with Crippen molar-refractivity contribution in [1.29, 1.82) is 5.26 Å². The van der Waals surface area contributed by atoms with Crippen LogP contribution >= 0.6 is 0 Å². The van der Waals surface area contributed by atoms with Crippen molar-refractivity contribution in [3.05, 3.63) is 59.2 Å². The Morgan fingerprint density at radius 1 is 1.13 bits per heavy atom. The molecule has 116 valence electrons. The molecule has 4 heteroatoms. The van der Waals surface area contributed by atoms with Crippen molar-refractivity contribution in [2.75, 3.05) is 29.9 Å². The minimum Gasteiger partial charge on any atom is -0.373 e. The van der Waals surface area contributed by atoms with Crippen LogP contribution in [0.25, 0.3) is 0 Å². The van der Waals surface area contributed by atoms with Crippen molar-refractivity contribution in [3.63, 3.8) is 0 Å². The lowest BCUT2D eigenvalue weighted by Gasteiger charge is -2.25. The Hall–Kier alpha value is -2.80. The van der Waals surface area contributed by atoms with Crippen LogP contribution in [0.4, 0.5) is 11.4 Å². The molecule has 1 aliphatic rings. The Morgan fingerprint density at radius 3 is 2.57 bits per heavy atom. The van der Waals surface area contributed by atoms with Gasteiger partial charge in [0.05, 0.1) is 23.0 Å². The summed E-state index contributed by atoms with van der Waals surface area (Å²) >= 11 is 0. The zero-order valence-electron chi connectivity index (χ0n) is 13.4. The first-order valence-electron chi connectivity index (χ1n) is 7.74. The highest BCUT2D eigenvalue weighted by Gasteiger charge is 2.24. The highest BCUT2D eigenvalue weighted by atomic mass is 16.2. The minimum atomic E-state index is -0.00487. The van der Waals surface area contributed by atoms with Crippen LogP contribution in [0, 0.1) is 18.3 Å². The molecule has 0 aromatic heterocycles. The van der Waals surface area contributed by atoms with Crippen molar-refractivity contribution in [2.45, 2.75) is 13.3 Å². The molecule has 0 atom stereocenters. The van der Waals surface area contributed by atoms with E-state index in [1.165, 1.54) is 0 Å². The van der Waals surface area contributed by atoms with E-state index < -0.39 is 0 Å². The van der Waals surface area contributed by atoms with Gasteiger partial charge in [0, 0.05) is 25.7 Å². The third-order valence-electron chi connectivity index (χ3n) is 4.29. The van der Waals surface area contributed by atoms with Gasteiger partial charge in [0.1, 0.15) is 0 Å². The third-order valence-corrected chi connectivity index (χ3v) is 4.29. The molecule has 0 radical (unpaired) electrons. The lowest BCUT2D eigenvalue weighted by molar-refractivity contribution is 0.0986. The number of benzene rings is 2. The van der Waals surface area contributed by atoms with Crippen molar-refractivity contribution < 1.29 is 4.79 Å². The van der Waals surface area contributed by atoms with Gasteiger partial charge in [-0.15, -0.1) is 0 Å². The Labute approximate surface area is 136 Å². The van der Waals surface area contributed by atoms with Gasteiger partial charge in [-0.1, -0.05) is 12.1 Å². The van der Waals surface area contributed by atoms with Crippen molar-refractivity contribution in [1.82, 2.24) is 0 Å². The number of carbonyl (C=O) groups excluding carboxylic acids is 1. The fraction of sp³-hybridized carbons (Fsp3) is 0.263. The van der Waals surface area contributed by atoms with Gasteiger partial charge in [0.25, 0.3) is 5.91 Å². The number of aryl methyl sites for hydroxylation is 1. The van der Waals surface area contributed by atoms with E-state index in [2.05, 4.69) is 18.0 Å². The van der Waals surface area contributed by atoms with Gasteiger partial charge in [-0.3, -0.25) is 4.79 Å². The van der Waals surface area contributed by atoms with E-state index in [0.29, 0.717) is 17.7 Å². The summed E-state index contributed by atoms with van der Waals surface area (Å²) < 4.78 is 0. The largest absolute Gasteiger partial charge is 0.373 e. The number of carbonyl (C=O) groups is 1. The maximum absolute atomic E-state index is 13.1. The molecule has 0 N–H and O–H groups in total. The van der Waals surface area contributed by atoms with Crippen LogP contribution in [0.15, 0.2) is 42.5 Å². The first-order valence-corrected chi connectivity index (χ1v) is 7.74. The predicted molar refractivity (Wildman–Crippen MR) is 91.9 cm³/mol. The Morgan fingerprint density at radius 2 is 1.87 bits per heavy atom. The van der Waals surface area contributed by atoms with Crippen molar-refractivity contribution in [2.24, 2.45) is 0 Å². The molecule has 2 aromatic rings. The lowest BCUT2D eigenvalue weighted by atomic mass is 10.0. The SMILES string of the molecule is Cc1cc(C#N)ccc1C(=O)N1CCCN(C)c2ccccc21. The molecular weight excluding hydrogens is 286 g/mol. The summed E-state index contributed by atoms with van der Waals surface area (Å²) in [5.41, 5.74) is 4.09. The summed E-state index contributed by atoms with van der Waals surface area (Å²) in [5.74, 6) is -0.00487. The molecule has 0 spiro atoms. The fourth-order valence-corrected chi connectivity index (χ4v) is 3.05. The van der Waals surface area contributed by atoms with Crippen LogP contribution in [0.1, 0.15) is 27.9 Å². The zero-order valence-corrected chi connectivity index (χ0v) is 13.4. The number of amides is 1. The van der Waals surface area contributed by atoms with Crippen LogP contribution in [-0.4, -0.2) is 26.0 Å². The first kappa shape index (κ1) is 15.1. The van der Waals surface area contributed by atoms with Gasteiger partial charge in [-0.05, 0) is 49.2 Å². The number of fused-ring (bicyclic) bond motifs is 1. The Bertz CT molecular complexity index is 791. The highest BCUT2D eigenvalue weighted by molar-refractivity contribution is 6.08. The monoisotopic (exact) mass is 305 g/mol. The first-order chi connectivity index (χ1) is 11.1. The van der Waals surface area contributed by atoms with Gasteiger partial charge in [0.15, 0.2) is 0 Å². The topological polar surface area (TPSA) is 47.3 Å². The van der Waals surface area contributed by atoms with Crippen LogP contribution in [0.3, 0.4) is 0 Å². The molecule has 23 heavy (non-hydrogen) atoms. The summed E-state index contributed by atoms with van der Waals surface area (Å²) in [4.78, 5) is 17.1. The van der Waals surface area contributed by atoms with E-state index in [4.69, 9.17) is 5.26 Å². The van der Waals surface area contributed by atoms with Gasteiger partial charge in [0.2, 0.25) is 0 Å². The highest BCUT2D eigenvalue weighted by Crippen LogP contribution is 2.32. The second kappa shape index (κ2) is 6.13. The number of hydrogen-bond acceptors (Lipinski definition) is 3. The van der Waals surface area contributed by atoms with Gasteiger partial charge >= 0.3 is 0 Å². The van der Waals surface area contributed by atoms with E-state index in [1.807, 2.05) is 36.1 Å². The van der Waals surface area contributed by atoms with E-state index in [9.17, 15) is 4.79 Å². The van der Waals surface area contributed by atoms with Gasteiger partial charge in [-0.25, -0.2) is 0 Å². The molecule has 0 unspecified atom stereocenters. The van der Waals surface area contributed by atoms with E-state index in [1.54, 1.807) is 18.2 Å². The van der Waals surface area contributed by atoms with Crippen LogP contribution in [0.5, 0.6) is 0 Å². The maximum Gasteiger partial charge on any atom is 0.258 e. The minimum absolute atomic E-state index is 0.00487. The van der Waals surface area contributed by atoms with Crippen LogP contribution in [0.2, 0.25) is 0 Å². The summed E-state index contributed by atoms with van der Waals surface area (Å²) in [5, 5.41) is 8.99. The molecule has 0 aliphatic carbocycles. The number of anilines is 2. The number of para-hydroxylation sites is 2. The Kier molecular flexibility index (Phi) is 4.03. The maximum atomic E-state index is 13.1. The standard InChI is InChI=1S/C19H19N3O/c1-14-12-15(13-20)8-9-16(14)19(23)22-11-5-10-21(2)17-6-3-4-7-18(17)22/h3-4,6-9,12H,5,10-11H2,1-2H3. The number of nitrogens with zero attached hydrogens (tertiary/aromatic N) is 3. The third kappa shape index (κ3) is 2.78. The summed E-state index contributed by atoms with van der Waals surface area (Å²) in [6, 6.07) is 15.3. The van der Waals surface area contributed by atoms with E-state index in [-0.39, 0.29) is 5.91 Å². The van der Waals surface area contributed by atoms with E-state index in [0.717, 1.165) is 29.9 Å². The molecule has 3 rings (SSSR count). The van der Waals surface area contributed by atoms with Crippen molar-refractivity contribution >= 4 is 17.3 Å². The molecule has 0 saturated heterocycles. The molecule has 4 nitrogen and oxygen atoms in total. The molecule has 2 aromatic carbocycles. The lowest BCUT2D eigenvalue weighted by Crippen LogP contribution is -2.32. The predicted octanol–water partition coefficient (Wildman–Crippen LogP) is 3.35. The average molecular weight is 305 g/mol. The average Bonchev–Trinajstić information content (AvgIpc) is 2.74. The number of nitriles is 1. The second-order valence-corrected chi connectivity index (χ2v) is 5.86. The molecule has 1 amide bonds. The van der Waals surface area contributed by atoms with Gasteiger partial charge < -0.3 is 9.80 Å². The van der Waals surface area contributed by atoms with Crippen LogP contribution < -0.4 is 9.80 Å². The molecule has 1 aliphatic heterocycles. The van der Waals surface area contributed by atoms with E-state index >= 15 is 0 Å². The number of rotatable bonds is 1. The summed E-state index contributed by atoms with van der Waals surface area (Å²) in [6.07, 6.45) is 0.923. The number of hydrogen-bond donors (Lipinski definition) is 0. The second-order valence-electron chi connectivity index (χ2n) is 5.86. The molecule has 0 saturated carbocycles. The smallest absolute Gasteiger partial charge is 0.258 e. The van der Waals surface area contributed by atoms with Crippen LogP contribution in [-0.2, 0) is 0 Å². The van der Waals surface area contributed by atoms with Crippen molar-refractivity contribution in [3.8, 4) is 6.07 Å².